The van der Waals surface area contributed by atoms with Gasteiger partial charge in [0.1, 0.15) is 0 Å². The molecular weight excluding hydrogens is 178 g/mol. The number of rotatable bonds is 3. The van der Waals surface area contributed by atoms with Crippen LogP contribution in [-0.4, -0.2) is 17.1 Å². The van der Waals surface area contributed by atoms with E-state index in [9.17, 15) is 4.79 Å². The predicted molar refractivity (Wildman–Crippen MR) is 53.0 cm³/mol. The second-order valence-corrected chi connectivity index (χ2v) is 3.64. The molecule has 1 atom stereocenters. The molecule has 0 aliphatic carbocycles. The lowest BCUT2D eigenvalue weighted by molar-refractivity contribution is -0.145. The lowest BCUT2D eigenvalue weighted by atomic mass is 10.1. The summed E-state index contributed by atoms with van der Waals surface area (Å²) in [5.41, 5.74) is 1.10. The molecule has 0 aromatic carbocycles. The molecule has 0 spiro atoms. The molecule has 76 valence electrons. The number of carbonyl (C=O) groups excluding carboxylic acids is 1. The van der Waals surface area contributed by atoms with Crippen molar-refractivity contribution in [1.29, 1.82) is 0 Å². The summed E-state index contributed by atoms with van der Waals surface area (Å²) in [4.78, 5) is 11.6. The molecule has 0 saturated carbocycles. The third-order valence-corrected chi connectivity index (χ3v) is 2.61. The topological polar surface area (TPSA) is 31.2 Å². The van der Waals surface area contributed by atoms with E-state index in [0.717, 1.165) is 25.1 Å². The molecule has 14 heavy (non-hydrogen) atoms. The van der Waals surface area contributed by atoms with Crippen LogP contribution in [0.1, 0.15) is 31.4 Å². The average molecular weight is 193 g/mol. The number of ether oxygens (including phenoxy) is 1. The van der Waals surface area contributed by atoms with Gasteiger partial charge in [0.25, 0.3) is 0 Å². The number of nitrogens with zero attached hydrogens (tertiary/aromatic N) is 1. The Morgan fingerprint density at radius 3 is 3.36 bits per heavy atom. The van der Waals surface area contributed by atoms with Crippen LogP contribution >= 0.6 is 0 Å². The van der Waals surface area contributed by atoms with Gasteiger partial charge in [0.05, 0.1) is 12.5 Å². The SMILES string of the molecule is CCCOC(=O)C1CCn2cccc21. The summed E-state index contributed by atoms with van der Waals surface area (Å²) in [7, 11) is 0. The van der Waals surface area contributed by atoms with Crippen LogP contribution in [0.25, 0.3) is 0 Å². The van der Waals surface area contributed by atoms with Crippen LogP contribution in [0.2, 0.25) is 0 Å². The van der Waals surface area contributed by atoms with E-state index >= 15 is 0 Å². The van der Waals surface area contributed by atoms with Crippen molar-refractivity contribution in [2.24, 2.45) is 0 Å². The van der Waals surface area contributed by atoms with E-state index in [2.05, 4.69) is 4.57 Å². The molecule has 0 radical (unpaired) electrons. The first-order valence-electron chi connectivity index (χ1n) is 5.14. The molecule has 2 rings (SSSR count). The number of hydrogen-bond acceptors (Lipinski definition) is 2. The largest absolute Gasteiger partial charge is 0.465 e. The van der Waals surface area contributed by atoms with Gasteiger partial charge in [0, 0.05) is 18.4 Å². The molecule has 0 bridgehead atoms. The van der Waals surface area contributed by atoms with Gasteiger partial charge in [-0.25, -0.2) is 0 Å². The molecule has 0 N–H and O–H groups in total. The van der Waals surface area contributed by atoms with E-state index in [1.165, 1.54) is 0 Å². The van der Waals surface area contributed by atoms with E-state index in [1.54, 1.807) is 0 Å². The first kappa shape index (κ1) is 9.31. The maximum absolute atomic E-state index is 11.6. The van der Waals surface area contributed by atoms with E-state index in [1.807, 2.05) is 25.3 Å². The summed E-state index contributed by atoms with van der Waals surface area (Å²) >= 11 is 0. The Bertz CT molecular complexity index is 330. The third kappa shape index (κ3) is 1.54. The van der Waals surface area contributed by atoms with Crippen molar-refractivity contribution in [3.8, 4) is 0 Å². The van der Waals surface area contributed by atoms with E-state index in [4.69, 9.17) is 4.74 Å². The molecule has 2 heterocycles. The van der Waals surface area contributed by atoms with Crippen LogP contribution in [0.5, 0.6) is 0 Å². The Morgan fingerprint density at radius 1 is 1.71 bits per heavy atom. The molecule has 3 heteroatoms. The van der Waals surface area contributed by atoms with Gasteiger partial charge in [0.15, 0.2) is 0 Å². The Balaban J connectivity index is 2.04. The number of esters is 1. The highest BCUT2D eigenvalue weighted by molar-refractivity contribution is 5.78. The van der Waals surface area contributed by atoms with Gasteiger partial charge in [-0.1, -0.05) is 6.92 Å². The van der Waals surface area contributed by atoms with Crippen LogP contribution in [0, 0.1) is 0 Å². The molecule has 0 saturated heterocycles. The molecular formula is C11H15NO2. The van der Waals surface area contributed by atoms with E-state index in [-0.39, 0.29) is 11.9 Å². The van der Waals surface area contributed by atoms with Crippen molar-refractivity contribution < 1.29 is 9.53 Å². The monoisotopic (exact) mass is 193 g/mol. The first-order chi connectivity index (χ1) is 6.83. The Labute approximate surface area is 83.7 Å². The van der Waals surface area contributed by atoms with Gasteiger partial charge in [-0.15, -0.1) is 0 Å². The minimum Gasteiger partial charge on any atom is -0.465 e. The number of hydrogen-bond donors (Lipinski definition) is 0. The fourth-order valence-electron chi connectivity index (χ4n) is 1.91. The zero-order valence-electron chi connectivity index (χ0n) is 8.40. The highest BCUT2D eigenvalue weighted by atomic mass is 16.5. The summed E-state index contributed by atoms with van der Waals surface area (Å²) in [5.74, 6) is -0.0964. The maximum atomic E-state index is 11.6. The Hall–Kier alpha value is -1.25. The van der Waals surface area contributed by atoms with Crippen molar-refractivity contribution in [2.75, 3.05) is 6.61 Å². The molecule has 0 fully saturated rings. The van der Waals surface area contributed by atoms with Crippen molar-refractivity contribution >= 4 is 5.97 Å². The molecule has 1 aromatic heterocycles. The van der Waals surface area contributed by atoms with Gasteiger partial charge < -0.3 is 9.30 Å². The van der Waals surface area contributed by atoms with Crippen molar-refractivity contribution in [3.63, 3.8) is 0 Å². The highest BCUT2D eigenvalue weighted by Crippen LogP contribution is 2.29. The van der Waals surface area contributed by atoms with Gasteiger partial charge in [-0.05, 0) is 25.0 Å². The minimum atomic E-state index is -0.0655. The smallest absolute Gasteiger partial charge is 0.315 e. The second-order valence-electron chi connectivity index (χ2n) is 3.64. The molecule has 1 aliphatic heterocycles. The number of carbonyl (C=O) groups is 1. The van der Waals surface area contributed by atoms with Gasteiger partial charge in [-0.3, -0.25) is 4.79 Å². The van der Waals surface area contributed by atoms with Gasteiger partial charge in [-0.2, -0.15) is 0 Å². The van der Waals surface area contributed by atoms with Crippen LogP contribution in [-0.2, 0) is 16.1 Å². The average Bonchev–Trinajstić information content (AvgIpc) is 2.74. The predicted octanol–water partition coefficient (Wildman–Crippen LogP) is 1.93. The Kier molecular flexibility index (Phi) is 2.57. The molecule has 3 nitrogen and oxygen atoms in total. The second kappa shape index (κ2) is 3.86. The zero-order valence-corrected chi connectivity index (χ0v) is 8.40. The molecule has 1 unspecified atom stereocenters. The molecule has 0 amide bonds. The molecule has 1 aromatic rings. The first-order valence-corrected chi connectivity index (χ1v) is 5.14. The number of aromatic nitrogens is 1. The fraction of sp³-hybridized carbons (Fsp3) is 0.545. The number of aryl methyl sites for hydroxylation is 1. The summed E-state index contributed by atoms with van der Waals surface area (Å²) in [6, 6.07) is 3.99. The van der Waals surface area contributed by atoms with Crippen LogP contribution < -0.4 is 0 Å². The third-order valence-electron chi connectivity index (χ3n) is 2.61. The normalized spacial score (nSPS) is 19.4. The quantitative estimate of drug-likeness (QED) is 0.687. The number of fused-ring (bicyclic) bond motifs is 1. The van der Waals surface area contributed by atoms with Gasteiger partial charge in [0.2, 0.25) is 0 Å². The van der Waals surface area contributed by atoms with Crippen molar-refractivity contribution in [1.82, 2.24) is 4.57 Å². The van der Waals surface area contributed by atoms with Crippen molar-refractivity contribution in [3.05, 3.63) is 24.0 Å². The van der Waals surface area contributed by atoms with Crippen LogP contribution in [0.3, 0.4) is 0 Å². The standard InChI is InChI=1S/C11H15NO2/c1-2-8-14-11(13)9-5-7-12-6-3-4-10(9)12/h3-4,6,9H,2,5,7-8H2,1H3. The maximum Gasteiger partial charge on any atom is 0.315 e. The van der Waals surface area contributed by atoms with Crippen LogP contribution in [0.15, 0.2) is 18.3 Å². The van der Waals surface area contributed by atoms with Crippen molar-refractivity contribution in [2.45, 2.75) is 32.2 Å². The van der Waals surface area contributed by atoms with E-state index < -0.39 is 0 Å². The van der Waals surface area contributed by atoms with Gasteiger partial charge >= 0.3 is 5.97 Å². The lowest BCUT2D eigenvalue weighted by Crippen LogP contribution is -2.14. The minimum absolute atomic E-state index is 0.0310. The lowest BCUT2D eigenvalue weighted by Gasteiger charge is -2.08. The fourth-order valence-corrected chi connectivity index (χ4v) is 1.91. The zero-order chi connectivity index (χ0) is 9.97. The van der Waals surface area contributed by atoms with Crippen LogP contribution in [0.4, 0.5) is 0 Å². The molecule has 1 aliphatic rings. The highest BCUT2D eigenvalue weighted by Gasteiger charge is 2.29. The Morgan fingerprint density at radius 2 is 2.57 bits per heavy atom. The summed E-state index contributed by atoms with van der Waals surface area (Å²) in [6.07, 6.45) is 3.79. The summed E-state index contributed by atoms with van der Waals surface area (Å²) < 4.78 is 7.27. The summed E-state index contributed by atoms with van der Waals surface area (Å²) in [6.45, 7) is 3.48. The summed E-state index contributed by atoms with van der Waals surface area (Å²) in [5, 5.41) is 0. The van der Waals surface area contributed by atoms with E-state index in [0.29, 0.717) is 6.61 Å².